The highest BCUT2D eigenvalue weighted by molar-refractivity contribution is 9.10. The zero-order valence-electron chi connectivity index (χ0n) is 8.59. The van der Waals surface area contributed by atoms with Gasteiger partial charge in [0.25, 0.3) is 0 Å². The molecule has 6 heteroatoms. The molecule has 2 heterocycles. The van der Waals surface area contributed by atoms with Crippen molar-refractivity contribution in [1.82, 2.24) is 9.97 Å². The molecule has 0 saturated heterocycles. The van der Waals surface area contributed by atoms with Gasteiger partial charge in [-0.25, -0.2) is 4.98 Å². The highest BCUT2D eigenvalue weighted by atomic mass is 79.9. The standard InChI is InChI=1S/C10H10BrN3S2/c1-2-14(15)10-8(11)13-9(16-10)7-4-3-5-12-6-7/h3-6,15H,2H2,1H3. The van der Waals surface area contributed by atoms with Crippen molar-refractivity contribution in [3.8, 4) is 10.6 Å². The molecule has 2 aromatic rings. The lowest BCUT2D eigenvalue weighted by Crippen LogP contribution is -2.06. The van der Waals surface area contributed by atoms with Crippen LogP contribution in [-0.4, -0.2) is 16.5 Å². The Labute approximate surface area is 112 Å². The molecule has 0 saturated carbocycles. The summed E-state index contributed by atoms with van der Waals surface area (Å²) in [6, 6.07) is 3.90. The Morgan fingerprint density at radius 1 is 1.56 bits per heavy atom. The third kappa shape index (κ3) is 2.39. The van der Waals surface area contributed by atoms with E-state index >= 15 is 0 Å². The predicted molar refractivity (Wildman–Crippen MR) is 75.1 cm³/mol. The number of rotatable bonds is 3. The van der Waals surface area contributed by atoms with Gasteiger partial charge in [0.2, 0.25) is 0 Å². The van der Waals surface area contributed by atoms with Crippen LogP contribution in [0.2, 0.25) is 0 Å². The Morgan fingerprint density at radius 3 is 3.00 bits per heavy atom. The minimum Gasteiger partial charge on any atom is -0.308 e. The molecule has 2 aromatic heterocycles. The van der Waals surface area contributed by atoms with Crippen LogP contribution in [0.1, 0.15) is 6.92 Å². The summed E-state index contributed by atoms with van der Waals surface area (Å²) in [6.07, 6.45) is 3.56. The van der Waals surface area contributed by atoms with Crippen molar-refractivity contribution in [3.05, 3.63) is 29.1 Å². The van der Waals surface area contributed by atoms with Gasteiger partial charge in [-0.15, -0.1) is 0 Å². The minimum atomic E-state index is 0.827. The molecule has 0 fully saturated rings. The van der Waals surface area contributed by atoms with Gasteiger partial charge in [-0.2, -0.15) is 0 Å². The zero-order valence-corrected chi connectivity index (χ0v) is 11.9. The Bertz CT molecular complexity index is 472. The van der Waals surface area contributed by atoms with Gasteiger partial charge in [-0.1, -0.05) is 24.2 Å². The molecule has 3 nitrogen and oxygen atoms in total. The number of pyridine rings is 1. The van der Waals surface area contributed by atoms with Crippen LogP contribution in [-0.2, 0) is 0 Å². The summed E-state index contributed by atoms with van der Waals surface area (Å²) in [4.78, 5) is 8.54. The summed E-state index contributed by atoms with van der Waals surface area (Å²) in [5.74, 6) is 0. The van der Waals surface area contributed by atoms with Crippen molar-refractivity contribution in [2.24, 2.45) is 0 Å². The van der Waals surface area contributed by atoms with Gasteiger partial charge in [0.05, 0.1) is 0 Å². The van der Waals surface area contributed by atoms with Gasteiger partial charge >= 0.3 is 0 Å². The average molecular weight is 316 g/mol. The first-order valence-corrected chi connectivity index (χ1v) is 6.76. The molecule has 0 aromatic carbocycles. The molecule has 0 unspecified atom stereocenters. The van der Waals surface area contributed by atoms with Crippen LogP contribution in [0.5, 0.6) is 0 Å². The van der Waals surface area contributed by atoms with Crippen molar-refractivity contribution in [1.29, 1.82) is 0 Å². The van der Waals surface area contributed by atoms with Crippen LogP contribution in [0.3, 0.4) is 0 Å². The van der Waals surface area contributed by atoms with Crippen LogP contribution in [0.4, 0.5) is 5.00 Å². The van der Waals surface area contributed by atoms with Gasteiger partial charge in [0, 0.05) is 24.5 Å². The van der Waals surface area contributed by atoms with Gasteiger partial charge in [-0.3, -0.25) is 4.98 Å². The molecule has 0 aliphatic rings. The van der Waals surface area contributed by atoms with E-state index in [0.29, 0.717) is 0 Å². The van der Waals surface area contributed by atoms with Crippen molar-refractivity contribution in [2.45, 2.75) is 6.92 Å². The lowest BCUT2D eigenvalue weighted by Gasteiger charge is -2.11. The van der Waals surface area contributed by atoms with Crippen molar-refractivity contribution < 1.29 is 0 Å². The predicted octanol–water partition coefficient (Wildman–Crippen LogP) is 3.64. The smallest absolute Gasteiger partial charge is 0.142 e. The number of thiol groups is 1. The van der Waals surface area contributed by atoms with E-state index in [-0.39, 0.29) is 0 Å². The maximum absolute atomic E-state index is 4.45. The second-order valence-corrected chi connectivity index (χ2v) is 5.28. The number of anilines is 1. The summed E-state index contributed by atoms with van der Waals surface area (Å²) in [5, 5.41) is 1.96. The Morgan fingerprint density at radius 2 is 2.38 bits per heavy atom. The number of thiazole rings is 1. The van der Waals surface area contributed by atoms with E-state index in [1.807, 2.05) is 29.6 Å². The summed E-state index contributed by atoms with van der Waals surface area (Å²) in [6.45, 7) is 2.87. The highest BCUT2D eigenvalue weighted by Crippen LogP contribution is 2.38. The summed E-state index contributed by atoms with van der Waals surface area (Å²) < 4.78 is 2.69. The van der Waals surface area contributed by atoms with Crippen LogP contribution in [0, 0.1) is 0 Å². The van der Waals surface area contributed by atoms with E-state index in [9.17, 15) is 0 Å². The van der Waals surface area contributed by atoms with E-state index in [1.165, 1.54) is 0 Å². The molecule has 0 bridgehead atoms. The zero-order chi connectivity index (χ0) is 11.5. The number of hydrogen-bond donors (Lipinski definition) is 1. The van der Waals surface area contributed by atoms with E-state index in [0.717, 1.165) is 26.7 Å². The molecule has 16 heavy (non-hydrogen) atoms. The fraction of sp³-hybridized carbons (Fsp3) is 0.200. The highest BCUT2D eigenvalue weighted by Gasteiger charge is 2.13. The van der Waals surface area contributed by atoms with Crippen LogP contribution in [0.25, 0.3) is 10.6 Å². The third-order valence-corrected chi connectivity index (χ3v) is 4.57. The quantitative estimate of drug-likeness (QED) is 0.877. The average Bonchev–Trinajstić information content (AvgIpc) is 2.71. The molecule has 0 aliphatic carbocycles. The van der Waals surface area contributed by atoms with Gasteiger partial charge in [0.15, 0.2) is 0 Å². The summed E-state index contributed by atoms with van der Waals surface area (Å²) >= 11 is 9.41. The molecule has 0 radical (unpaired) electrons. The molecule has 0 spiro atoms. The molecule has 2 rings (SSSR count). The Hall–Kier alpha value is -0.590. The molecule has 84 valence electrons. The second-order valence-electron chi connectivity index (χ2n) is 3.07. The Kier molecular flexibility index (Phi) is 3.83. The monoisotopic (exact) mass is 315 g/mol. The van der Waals surface area contributed by atoms with Crippen molar-refractivity contribution >= 4 is 45.1 Å². The summed E-state index contributed by atoms with van der Waals surface area (Å²) in [7, 11) is 0. The lowest BCUT2D eigenvalue weighted by atomic mass is 10.3. The molecule has 0 amide bonds. The van der Waals surface area contributed by atoms with Crippen molar-refractivity contribution in [3.63, 3.8) is 0 Å². The molecular formula is C10H10BrN3S2. The third-order valence-electron chi connectivity index (χ3n) is 2.01. The SMILES string of the molecule is CCN(S)c1sc(-c2cccnc2)nc1Br. The minimum absolute atomic E-state index is 0.827. The fourth-order valence-corrected chi connectivity index (χ4v) is 3.24. The second kappa shape index (κ2) is 5.16. The molecule has 0 N–H and O–H groups in total. The number of aromatic nitrogens is 2. The van der Waals surface area contributed by atoms with Gasteiger partial charge < -0.3 is 4.31 Å². The number of nitrogens with zero attached hydrogens (tertiary/aromatic N) is 3. The lowest BCUT2D eigenvalue weighted by molar-refractivity contribution is 1.12. The number of halogens is 1. The van der Waals surface area contributed by atoms with Crippen LogP contribution >= 0.6 is 40.1 Å². The van der Waals surface area contributed by atoms with E-state index in [4.69, 9.17) is 0 Å². The van der Waals surface area contributed by atoms with Crippen LogP contribution in [0.15, 0.2) is 29.1 Å². The first kappa shape index (κ1) is 11.9. The largest absolute Gasteiger partial charge is 0.308 e. The maximum atomic E-state index is 4.45. The molecule has 0 atom stereocenters. The normalized spacial score (nSPS) is 10.4. The van der Waals surface area contributed by atoms with E-state index in [2.05, 4.69) is 38.7 Å². The number of hydrogen-bond acceptors (Lipinski definition) is 5. The van der Waals surface area contributed by atoms with Gasteiger partial charge in [-0.05, 0) is 35.0 Å². The van der Waals surface area contributed by atoms with E-state index < -0.39 is 0 Å². The van der Waals surface area contributed by atoms with Crippen LogP contribution < -0.4 is 4.31 Å². The summed E-state index contributed by atoms with van der Waals surface area (Å²) in [5.41, 5.74) is 1.03. The first-order chi connectivity index (χ1) is 7.72. The topological polar surface area (TPSA) is 29.0 Å². The fourth-order valence-electron chi connectivity index (χ4n) is 1.21. The van der Waals surface area contributed by atoms with E-state index in [1.54, 1.807) is 17.5 Å². The molecular weight excluding hydrogens is 306 g/mol. The van der Waals surface area contributed by atoms with Gasteiger partial charge in [0.1, 0.15) is 14.6 Å². The van der Waals surface area contributed by atoms with Crippen molar-refractivity contribution in [2.75, 3.05) is 10.8 Å². The first-order valence-electron chi connectivity index (χ1n) is 4.75. The maximum Gasteiger partial charge on any atom is 0.142 e. The Balaban J connectivity index is 2.38. The molecule has 0 aliphatic heterocycles.